The van der Waals surface area contributed by atoms with Gasteiger partial charge in [-0.25, -0.2) is 8.42 Å². The topological polar surface area (TPSA) is 90.3 Å². The summed E-state index contributed by atoms with van der Waals surface area (Å²) in [4.78, 5) is 13.0. The maximum Gasteiger partial charge on any atom is 0.389 e. The second-order valence-corrected chi connectivity index (χ2v) is 12.3. The van der Waals surface area contributed by atoms with Crippen LogP contribution >= 0.6 is 0 Å². The number of carbonyl (C=O) groups is 1. The van der Waals surface area contributed by atoms with E-state index in [1.54, 1.807) is 19.9 Å². The molecule has 0 radical (unpaired) electrons. The standard InChI is InChI=1S/C26H34F5N3O4S/c1-4-34-23(20-12-9-17(6-5-13-26(29,30)31)14-21(20)38-25(27)28)16(2)22(33-34)24(35)32-15-18-7-10-19(11-8-18)39(3,36)37/h9,12,14,18-19,25H,4-8,10-11,13,15H2,1-3H3,(H,32,35). The van der Waals surface area contributed by atoms with Crippen LogP contribution in [0.2, 0.25) is 0 Å². The summed E-state index contributed by atoms with van der Waals surface area (Å²) in [6.07, 6.45) is -1.76. The predicted octanol–water partition coefficient (Wildman–Crippen LogP) is 5.70. The molecule has 0 saturated heterocycles. The molecule has 0 bridgehead atoms. The van der Waals surface area contributed by atoms with E-state index in [4.69, 9.17) is 4.74 Å². The molecule has 7 nitrogen and oxygen atoms in total. The second-order valence-electron chi connectivity index (χ2n) is 10.00. The number of halogens is 5. The molecule has 2 aromatic rings. The fourth-order valence-corrected chi connectivity index (χ4v) is 6.15. The Balaban J connectivity index is 1.79. The summed E-state index contributed by atoms with van der Waals surface area (Å²) in [5, 5.41) is 6.90. The normalized spacial score (nSPS) is 18.4. The molecule has 39 heavy (non-hydrogen) atoms. The van der Waals surface area contributed by atoms with E-state index in [9.17, 15) is 35.2 Å². The highest BCUT2D eigenvalue weighted by atomic mass is 32.2. The number of sulfone groups is 1. The van der Waals surface area contributed by atoms with Crippen LogP contribution in [0.25, 0.3) is 11.3 Å². The SMILES string of the molecule is CCn1nc(C(=O)NCC2CCC(S(C)(=O)=O)CC2)c(C)c1-c1ccc(CCCC(F)(F)F)cc1OC(F)F. The number of carbonyl (C=O) groups excluding carboxylic acids is 1. The fourth-order valence-electron chi connectivity index (χ4n) is 5.03. The lowest BCUT2D eigenvalue weighted by Gasteiger charge is -2.27. The van der Waals surface area contributed by atoms with E-state index >= 15 is 0 Å². The Kier molecular flexibility index (Phi) is 10.0. The number of rotatable bonds is 11. The van der Waals surface area contributed by atoms with Gasteiger partial charge in [0.15, 0.2) is 5.69 Å². The summed E-state index contributed by atoms with van der Waals surface area (Å²) in [6, 6.07) is 4.36. The summed E-state index contributed by atoms with van der Waals surface area (Å²) in [5.41, 5.74) is 1.63. The van der Waals surface area contributed by atoms with Crippen molar-refractivity contribution in [2.75, 3.05) is 12.8 Å². The van der Waals surface area contributed by atoms with Crippen molar-refractivity contribution < 1.29 is 39.9 Å². The molecule has 0 atom stereocenters. The van der Waals surface area contributed by atoms with Gasteiger partial charge in [0.25, 0.3) is 5.91 Å². The lowest BCUT2D eigenvalue weighted by molar-refractivity contribution is -0.135. The van der Waals surface area contributed by atoms with Crippen LogP contribution in [0.5, 0.6) is 5.75 Å². The molecule has 218 valence electrons. The van der Waals surface area contributed by atoms with Gasteiger partial charge in [0.2, 0.25) is 0 Å². The first-order valence-electron chi connectivity index (χ1n) is 12.9. The maximum atomic E-state index is 13.2. The van der Waals surface area contributed by atoms with Crippen LogP contribution in [0.4, 0.5) is 22.0 Å². The first-order valence-corrected chi connectivity index (χ1v) is 14.8. The van der Waals surface area contributed by atoms with Crippen molar-refractivity contribution in [1.82, 2.24) is 15.1 Å². The lowest BCUT2D eigenvalue weighted by Crippen LogP contribution is -2.34. The molecule has 13 heteroatoms. The van der Waals surface area contributed by atoms with Crippen LogP contribution in [-0.2, 0) is 22.8 Å². The van der Waals surface area contributed by atoms with Gasteiger partial charge >= 0.3 is 12.8 Å². The van der Waals surface area contributed by atoms with Crippen molar-refractivity contribution >= 4 is 15.7 Å². The first kappa shape index (κ1) is 30.8. The highest BCUT2D eigenvalue weighted by molar-refractivity contribution is 7.91. The second kappa shape index (κ2) is 12.6. The van der Waals surface area contributed by atoms with Gasteiger partial charge in [0, 0.05) is 36.9 Å². The third-order valence-electron chi connectivity index (χ3n) is 7.10. The van der Waals surface area contributed by atoms with Crippen LogP contribution in [-0.4, -0.2) is 54.9 Å². The average molecular weight is 580 g/mol. The number of ether oxygens (including phenoxy) is 1. The molecule has 1 aromatic heterocycles. The molecule has 1 amide bonds. The monoisotopic (exact) mass is 579 g/mol. The van der Waals surface area contributed by atoms with Crippen LogP contribution in [0.3, 0.4) is 0 Å². The molecule has 1 fully saturated rings. The average Bonchev–Trinajstić information content (AvgIpc) is 3.17. The Hall–Kier alpha value is -2.70. The summed E-state index contributed by atoms with van der Waals surface area (Å²) in [6.45, 7) is 0.935. The largest absolute Gasteiger partial charge is 0.434 e. The number of alkyl halides is 5. The Labute approximate surface area is 225 Å². The van der Waals surface area contributed by atoms with Gasteiger partial charge < -0.3 is 10.1 Å². The number of aryl methyl sites for hydroxylation is 2. The van der Waals surface area contributed by atoms with E-state index < -0.39 is 35.0 Å². The van der Waals surface area contributed by atoms with Gasteiger partial charge in [-0.3, -0.25) is 9.48 Å². The number of amides is 1. The number of hydrogen-bond acceptors (Lipinski definition) is 5. The molecular formula is C26H34F5N3O4S. The number of nitrogens with zero attached hydrogens (tertiary/aromatic N) is 2. The van der Waals surface area contributed by atoms with E-state index in [0.717, 1.165) is 0 Å². The maximum absolute atomic E-state index is 13.2. The zero-order valence-electron chi connectivity index (χ0n) is 22.2. The molecular weight excluding hydrogens is 545 g/mol. The van der Waals surface area contributed by atoms with Gasteiger partial charge in [-0.15, -0.1) is 0 Å². The Morgan fingerprint density at radius 3 is 2.44 bits per heavy atom. The van der Waals surface area contributed by atoms with Crippen LogP contribution < -0.4 is 10.1 Å². The van der Waals surface area contributed by atoms with Crippen molar-refractivity contribution in [3.8, 4) is 17.0 Å². The molecule has 3 rings (SSSR count). The van der Waals surface area contributed by atoms with Crippen LogP contribution in [0.15, 0.2) is 18.2 Å². The Bertz CT molecular complexity index is 1250. The molecule has 1 aliphatic rings. The molecule has 1 aliphatic carbocycles. The van der Waals surface area contributed by atoms with E-state index in [1.165, 1.54) is 23.1 Å². The van der Waals surface area contributed by atoms with E-state index in [0.29, 0.717) is 55.6 Å². The van der Waals surface area contributed by atoms with Gasteiger partial charge in [-0.2, -0.15) is 27.1 Å². The molecule has 1 aromatic carbocycles. The van der Waals surface area contributed by atoms with Gasteiger partial charge in [-0.05, 0) is 76.0 Å². The predicted molar refractivity (Wildman–Crippen MR) is 137 cm³/mol. The van der Waals surface area contributed by atoms with E-state index in [2.05, 4.69) is 10.4 Å². The van der Waals surface area contributed by atoms with Crippen molar-refractivity contribution in [3.63, 3.8) is 0 Å². The summed E-state index contributed by atoms with van der Waals surface area (Å²) >= 11 is 0. The lowest BCUT2D eigenvalue weighted by atomic mass is 9.89. The summed E-state index contributed by atoms with van der Waals surface area (Å²) in [7, 11) is -3.09. The zero-order chi connectivity index (χ0) is 29.0. The Morgan fingerprint density at radius 2 is 1.87 bits per heavy atom. The fraction of sp³-hybridized carbons (Fsp3) is 0.615. The van der Waals surface area contributed by atoms with Gasteiger partial charge in [0.1, 0.15) is 15.6 Å². The molecule has 1 heterocycles. The van der Waals surface area contributed by atoms with Crippen molar-refractivity contribution in [1.29, 1.82) is 0 Å². The molecule has 1 N–H and O–H groups in total. The highest BCUT2D eigenvalue weighted by Crippen LogP contribution is 2.36. The smallest absolute Gasteiger partial charge is 0.389 e. The first-order chi connectivity index (χ1) is 18.2. The zero-order valence-corrected chi connectivity index (χ0v) is 23.0. The minimum Gasteiger partial charge on any atom is -0.434 e. The van der Waals surface area contributed by atoms with Gasteiger partial charge in [-0.1, -0.05) is 6.07 Å². The minimum atomic E-state index is -4.31. The quantitative estimate of drug-likeness (QED) is 0.345. The highest BCUT2D eigenvalue weighted by Gasteiger charge is 2.29. The number of nitrogens with one attached hydrogen (secondary N) is 1. The van der Waals surface area contributed by atoms with Crippen LogP contribution in [0.1, 0.15) is 67.1 Å². The van der Waals surface area contributed by atoms with Crippen molar-refractivity contribution in [3.05, 3.63) is 35.0 Å². The third kappa shape index (κ3) is 8.39. The minimum absolute atomic E-state index is 0.0329. The molecule has 0 aliphatic heterocycles. The number of aromatic nitrogens is 2. The van der Waals surface area contributed by atoms with E-state index in [-0.39, 0.29) is 41.0 Å². The van der Waals surface area contributed by atoms with Gasteiger partial charge in [0.05, 0.1) is 10.9 Å². The molecule has 0 unspecified atom stereocenters. The Morgan fingerprint density at radius 1 is 1.21 bits per heavy atom. The van der Waals surface area contributed by atoms with Crippen LogP contribution in [0, 0.1) is 12.8 Å². The third-order valence-corrected chi connectivity index (χ3v) is 8.78. The van der Waals surface area contributed by atoms with Crippen molar-refractivity contribution in [2.24, 2.45) is 5.92 Å². The number of hydrogen-bond donors (Lipinski definition) is 1. The van der Waals surface area contributed by atoms with Crippen molar-refractivity contribution in [2.45, 2.75) is 83.4 Å². The molecule has 1 saturated carbocycles. The summed E-state index contributed by atoms with van der Waals surface area (Å²) < 4.78 is 93.8. The van der Waals surface area contributed by atoms with E-state index in [1.807, 2.05) is 0 Å². The molecule has 0 spiro atoms. The number of benzene rings is 1. The summed E-state index contributed by atoms with van der Waals surface area (Å²) in [5.74, 6) is -0.510.